The van der Waals surface area contributed by atoms with Gasteiger partial charge in [-0.05, 0) is 30.5 Å². The van der Waals surface area contributed by atoms with Gasteiger partial charge in [-0.3, -0.25) is 9.59 Å². The number of aliphatic carboxylic acids is 1. The third-order valence-electron chi connectivity index (χ3n) is 3.09. The van der Waals surface area contributed by atoms with Gasteiger partial charge in [0, 0.05) is 12.1 Å². The van der Waals surface area contributed by atoms with Gasteiger partial charge in [-0.2, -0.15) is 0 Å². The number of anilines is 1. The molecule has 0 unspecified atom stereocenters. The molecular formula is C15H22N2O4. The van der Waals surface area contributed by atoms with Crippen LogP contribution in [-0.4, -0.2) is 23.1 Å². The minimum atomic E-state index is -0.988. The highest BCUT2D eigenvalue weighted by Crippen LogP contribution is 2.09. The highest BCUT2D eigenvalue weighted by atomic mass is 16.5. The van der Waals surface area contributed by atoms with Crippen LogP contribution in [0.1, 0.15) is 37.7 Å². The summed E-state index contributed by atoms with van der Waals surface area (Å²) < 4.78 is 5.14. The Bertz CT molecular complexity index is 459. The Morgan fingerprint density at radius 3 is 2.43 bits per heavy atom. The van der Waals surface area contributed by atoms with Crippen molar-refractivity contribution in [3.8, 4) is 0 Å². The first-order valence-electron chi connectivity index (χ1n) is 6.97. The highest BCUT2D eigenvalue weighted by molar-refractivity contribution is 5.73. The number of carboxylic acids is 1. The number of hydrogen-bond acceptors (Lipinski definition) is 5. The zero-order valence-corrected chi connectivity index (χ0v) is 12.0. The predicted octanol–water partition coefficient (Wildman–Crippen LogP) is 1.67. The summed E-state index contributed by atoms with van der Waals surface area (Å²) in [5.41, 5.74) is 12.5. The molecule has 0 spiro atoms. The van der Waals surface area contributed by atoms with Gasteiger partial charge in [0.25, 0.3) is 0 Å². The van der Waals surface area contributed by atoms with E-state index in [-0.39, 0.29) is 12.6 Å². The molecule has 1 rings (SSSR count). The number of carboxylic acid groups (broad SMARTS) is 1. The van der Waals surface area contributed by atoms with E-state index < -0.39 is 12.0 Å². The van der Waals surface area contributed by atoms with Crippen LogP contribution in [-0.2, 0) is 20.9 Å². The summed E-state index contributed by atoms with van der Waals surface area (Å²) in [5, 5.41) is 8.62. The van der Waals surface area contributed by atoms with Crippen molar-refractivity contribution in [1.82, 2.24) is 0 Å². The fourth-order valence-corrected chi connectivity index (χ4v) is 1.78. The van der Waals surface area contributed by atoms with Crippen molar-refractivity contribution in [3.05, 3.63) is 29.8 Å². The lowest BCUT2D eigenvalue weighted by Crippen LogP contribution is -2.29. The van der Waals surface area contributed by atoms with Crippen LogP contribution in [0, 0.1) is 0 Å². The maximum atomic E-state index is 11.5. The van der Waals surface area contributed by atoms with Gasteiger partial charge in [0.15, 0.2) is 0 Å². The molecule has 0 heterocycles. The molecule has 0 aliphatic carbocycles. The molecule has 21 heavy (non-hydrogen) atoms. The number of hydrogen-bond donors (Lipinski definition) is 3. The molecule has 0 bridgehead atoms. The van der Waals surface area contributed by atoms with E-state index in [1.165, 1.54) is 0 Å². The third kappa shape index (κ3) is 7.31. The molecule has 6 nitrogen and oxygen atoms in total. The summed E-state index contributed by atoms with van der Waals surface area (Å²) in [6, 6.07) is 6.33. The van der Waals surface area contributed by atoms with Gasteiger partial charge in [-0.25, -0.2) is 0 Å². The van der Waals surface area contributed by atoms with Crippen molar-refractivity contribution in [3.63, 3.8) is 0 Å². The summed E-state index contributed by atoms with van der Waals surface area (Å²) in [6.07, 6.45) is 2.89. The molecule has 0 aliphatic rings. The second-order valence-corrected chi connectivity index (χ2v) is 4.95. The molecule has 0 saturated carbocycles. The number of benzene rings is 1. The lowest BCUT2D eigenvalue weighted by molar-refractivity contribution is -0.145. The van der Waals surface area contributed by atoms with E-state index >= 15 is 0 Å². The average Bonchev–Trinajstić information content (AvgIpc) is 2.46. The number of ether oxygens (including phenoxy) is 1. The number of unbranched alkanes of at least 4 members (excludes halogenated alkanes) is 2. The fraction of sp³-hybridized carbons (Fsp3) is 0.467. The van der Waals surface area contributed by atoms with E-state index in [1.807, 2.05) is 12.1 Å². The minimum Gasteiger partial charge on any atom is -0.480 e. The number of carbonyl (C=O) groups excluding carboxylic acids is 1. The predicted molar refractivity (Wildman–Crippen MR) is 79.3 cm³/mol. The van der Waals surface area contributed by atoms with Crippen LogP contribution in [0.2, 0.25) is 0 Å². The molecule has 1 atom stereocenters. The molecule has 0 amide bonds. The molecule has 5 N–H and O–H groups in total. The Hall–Kier alpha value is -2.08. The number of nitrogen functional groups attached to an aromatic ring is 1. The molecule has 0 aromatic heterocycles. The van der Waals surface area contributed by atoms with Crippen molar-refractivity contribution in [1.29, 1.82) is 0 Å². The minimum absolute atomic E-state index is 0.239. The smallest absolute Gasteiger partial charge is 0.320 e. The van der Waals surface area contributed by atoms with Gasteiger partial charge in [0.1, 0.15) is 12.6 Å². The van der Waals surface area contributed by atoms with E-state index in [2.05, 4.69) is 0 Å². The Kier molecular flexibility index (Phi) is 7.25. The SMILES string of the molecule is Nc1ccc(COC(=O)CCCCC[C@H](N)C(=O)O)cc1. The van der Waals surface area contributed by atoms with Crippen LogP contribution in [0.4, 0.5) is 5.69 Å². The highest BCUT2D eigenvalue weighted by Gasteiger charge is 2.10. The normalized spacial score (nSPS) is 11.9. The molecule has 116 valence electrons. The van der Waals surface area contributed by atoms with Crippen LogP contribution in [0.3, 0.4) is 0 Å². The number of rotatable bonds is 9. The van der Waals surface area contributed by atoms with Crippen LogP contribution in [0.5, 0.6) is 0 Å². The zero-order valence-electron chi connectivity index (χ0n) is 12.0. The Balaban J connectivity index is 2.09. The fourth-order valence-electron chi connectivity index (χ4n) is 1.78. The molecule has 0 fully saturated rings. The topological polar surface area (TPSA) is 116 Å². The maximum absolute atomic E-state index is 11.5. The van der Waals surface area contributed by atoms with Crippen molar-refractivity contribution in [2.45, 2.75) is 44.8 Å². The lowest BCUT2D eigenvalue weighted by Gasteiger charge is -2.07. The first-order chi connectivity index (χ1) is 9.99. The van der Waals surface area contributed by atoms with Gasteiger partial charge in [0.05, 0.1) is 0 Å². The first kappa shape index (κ1) is 17.0. The van der Waals surface area contributed by atoms with Crippen LogP contribution >= 0.6 is 0 Å². The summed E-state index contributed by atoms with van der Waals surface area (Å²) in [5.74, 6) is -1.24. The van der Waals surface area contributed by atoms with E-state index in [4.69, 9.17) is 21.3 Å². The van der Waals surface area contributed by atoms with Crippen molar-refractivity contribution < 1.29 is 19.4 Å². The van der Waals surface area contributed by atoms with Gasteiger partial charge in [-0.1, -0.05) is 25.0 Å². The summed E-state index contributed by atoms with van der Waals surface area (Å²) in [6.45, 7) is 0.239. The van der Waals surface area contributed by atoms with E-state index in [0.29, 0.717) is 31.4 Å². The third-order valence-corrected chi connectivity index (χ3v) is 3.09. The molecule has 0 aliphatic heterocycles. The standard InChI is InChI=1S/C15H22N2O4/c16-12-8-6-11(7-9-12)10-21-14(18)5-3-1-2-4-13(17)15(19)20/h6-9,13H,1-5,10,16-17H2,(H,19,20)/t13-/m0/s1. The molecule has 1 aromatic rings. The Labute approximate surface area is 124 Å². The average molecular weight is 294 g/mol. The number of nitrogens with two attached hydrogens (primary N) is 2. The molecule has 1 aromatic carbocycles. The van der Waals surface area contributed by atoms with E-state index in [9.17, 15) is 9.59 Å². The molecule has 0 radical (unpaired) electrons. The molecule has 6 heteroatoms. The van der Waals surface area contributed by atoms with Crippen LogP contribution < -0.4 is 11.5 Å². The van der Waals surface area contributed by atoms with Crippen molar-refractivity contribution >= 4 is 17.6 Å². The second kappa shape index (κ2) is 8.97. The van der Waals surface area contributed by atoms with Gasteiger partial charge >= 0.3 is 11.9 Å². The second-order valence-electron chi connectivity index (χ2n) is 4.95. The van der Waals surface area contributed by atoms with E-state index in [0.717, 1.165) is 12.0 Å². The summed E-state index contributed by atoms with van der Waals surface area (Å²) in [4.78, 5) is 22.0. The first-order valence-corrected chi connectivity index (χ1v) is 6.97. The quantitative estimate of drug-likeness (QED) is 0.362. The summed E-state index contributed by atoms with van der Waals surface area (Å²) in [7, 11) is 0. The van der Waals surface area contributed by atoms with Crippen molar-refractivity contribution in [2.75, 3.05) is 5.73 Å². The van der Waals surface area contributed by atoms with E-state index in [1.54, 1.807) is 12.1 Å². The van der Waals surface area contributed by atoms with Crippen LogP contribution in [0.15, 0.2) is 24.3 Å². The molecule has 0 saturated heterocycles. The number of esters is 1. The van der Waals surface area contributed by atoms with Gasteiger partial charge in [-0.15, -0.1) is 0 Å². The largest absolute Gasteiger partial charge is 0.480 e. The van der Waals surface area contributed by atoms with Gasteiger partial charge in [0.2, 0.25) is 0 Å². The number of carbonyl (C=O) groups is 2. The lowest BCUT2D eigenvalue weighted by atomic mass is 10.1. The van der Waals surface area contributed by atoms with Gasteiger partial charge < -0.3 is 21.3 Å². The van der Waals surface area contributed by atoms with Crippen LogP contribution in [0.25, 0.3) is 0 Å². The Morgan fingerprint density at radius 1 is 1.14 bits per heavy atom. The summed E-state index contributed by atoms with van der Waals surface area (Å²) >= 11 is 0. The maximum Gasteiger partial charge on any atom is 0.320 e. The monoisotopic (exact) mass is 294 g/mol. The zero-order chi connectivity index (χ0) is 15.7. The Morgan fingerprint density at radius 2 is 1.81 bits per heavy atom. The van der Waals surface area contributed by atoms with Crippen molar-refractivity contribution in [2.24, 2.45) is 5.73 Å². The molecular weight excluding hydrogens is 272 g/mol.